The Bertz CT molecular complexity index is 1270. The standard InChI is InChI=1S/C27H24FN5O/c28-22-9-7-19(8-10-22)15-23-3-1-4-24(31-23)20-11-13-33(14-12-20)27(34)26-6-2-5-25(32-26)21-16-29-18-30-17-21/h1-10,16-18,20H,11-15H2. The van der Waals surface area contributed by atoms with Crippen LogP contribution >= 0.6 is 0 Å². The first kappa shape index (κ1) is 21.8. The van der Waals surface area contributed by atoms with Crippen molar-refractivity contribution in [3.8, 4) is 11.3 Å². The molecule has 1 amide bonds. The largest absolute Gasteiger partial charge is 0.337 e. The Balaban J connectivity index is 1.23. The third-order valence-corrected chi connectivity index (χ3v) is 6.15. The molecule has 0 N–H and O–H groups in total. The number of pyridine rings is 2. The van der Waals surface area contributed by atoms with Gasteiger partial charge < -0.3 is 4.90 Å². The van der Waals surface area contributed by atoms with Crippen molar-refractivity contribution in [1.29, 1.82) is 0 Å². The highest BCUT2D eigenvalue weighted by Gasteiger charge is 2.26. The Kier molecular flexibility index (Phi) is 6.33. The minimum Gasteiger partial charge on any atom is -0.337 e. The van der Waals surface area contributed by atoms with E-state index in [1.54, 1.807) is 30.6 Å². The highest BCUT2D eigenvalue weighted by molar-refractivity contribution is 5.93. The van der Waals surface area contributed by atoms with E-state index in [1.807, 2.05) is 29.2 Å². The summed E-state index contributed by atoms with van der Waals surface area (Å²) in [5.74, 6) is 0.0101. The number of halogens is 1. The Morgan fingerprint density at radius 2 is 1.65 bits per heavy atom. The van der Waals surface area contributed by atoms with Gasteiger partial charge in [-0.1, -0.05) is 24.3 Å². The van der Waals surface area contributed by atoms with E-state index in [1.165, 1.54) is 18.5 Å². The molecule has 0 radical (unpaired) electrons. The van der Waals surface area contributed by atoms with Gasteiger partial charge in [0.2, 0.25) is 0 Å². The third-order valence-electron chi connectivity index (χ3n) is 6.15. The van der Waals surface area contributed by atoms with Crippen molar-refractivity contribution in [2.75, 3.05) is 13.1 Å². The van der Waals surface area contributed by atoms with Crippen molar-refractivity contribution in [2.24, 2.45) is 0 Å². The van der Waals surface area contributed by atoms with Crippen LogP contribution in [0.1, 0.15) is 46.2 Å². The summed E-state index contributed by atoms with van der Waals surface area (Å²) in [7, 11) is 0. The van der Waals surface area contributed by atoms with Crippen LogP contribution in [0.15, 0.2) is 79.4 Å². The van der Waals surface area contributed by atoms with Gasteiger partial charge in [-0.05, 0) is 54.8 Å². The maximum Gasteiger partial charge on any atom is 0.272 e. The summed E-state index contributed by atoms with van der Waals surface area (Å²) in [6.45, 7) is 1.32. The van der Waals surface area contributed by atoms with Crippen LogP contribution in [-0.4, -0.2) is 43.8 Å². The lowest BCUT2D eigenvalue weighted by Gasteiger charge is -2.31. The van der Waals surface area contributed by atoms with Crippen molar-refractivity contribution in [2.45, 2.75) is 25.2 Å². The van der Waals surface area contributed by atoms with Crippen LogP contribution in [0.4, 0.5) is 4.39 Å². The van der Waals surface area contributed by atoms with Crippen LogP contribution < -0.4 is 0 Å². The van der Waals surface area contributed by atoms with E-state index in [2.05, 4.69) is 21.0 Å². The molecule has 0 unspecified atom stereocenters. The number of nitrogens with zero attached hydrogens (tertiary/aromatic N) is 5. The number of amides is 1. The monoisotopic (exact) mass is 453 g/mol. The zero-order valence-electron chi connectivity index (χ0n) is 18.6. The molecule has 0 spiro atoms. The third kappa shape index (κ3) is 4.98. The van der Waals surface area contributed by atoms with Gasteiger partial charge in [-0.3, -0.25) is 9.78 Å². The predicted octanol–water partition coefficient (Wildman–Crippen LogP) is 4.68. The first-order chi connectivity index (χ1) is 16.7. The van der Waals surface area contributed by atoms with Crippen LogP contribution in [0.5, 0.6) is 0 Å². The molecule has 34 heavy (non-hydrogen) atoms. The zero-order chi connectivity index (χ0) is 23.3. The van der Waals surface area contributed by atoms with Crippen LogP contribution in [0.3, 0.4) is 0 Å². The van der Waals surface area contributed by atoms with E-state index < -0.39 is 0 Å². The molecule has 5 rings (SSSR count). The summed E-state index contributed by atoms with van der Waals surface area (Å²) < 4.78 is 13.2. The Morgan fingerprint density at radius 1 is 0.912 bits per heavy atom. The maximum absolute atomic E-state index is 13.2. The Labute approximate surface area is 197 Å². The number of hydrogen-bond acceptors (Lipinski definition) is 5. The second kappa shape index (κ2) is 9.87. The molecule has 3 aromatic heterocycles. The molecule has 1 saturated heterocycles. The van der Waals surface area contributed by atoms with Crippen molar-refractivity contribution >= 4 is 5.91 Å². The predicted molar refractivity (Wildman–Crippen MR) is 127 cm³/mol. The minimum atomic E-state index is -0.234. The lowest BCUT2D eigenvalue weighted by molar-refractivity contribution is 0.0706. The number of carbonyl (C=O) groups excluding carboxylic acids is 1. The molecule has 0 saturated carbocycles. The Morgan fingerprint density at radius 3 is 2.41 bits per heavy atom. The van der Waals surface area contributed by atoms with E-state index in [-0.39, 0.29) is 11.7 Å². The number of carbonyl (C=O) groups is 1. The quantitative estimate of drug-likeness (QED) is 0.439. The summed E-state index contributed by atoms with van der Waals surface area (Å²) in [6.07, 6.45) is 7.21. The average Bonchev–Trinajstić information content (AvgIpc) is 2.90. The lowest BCUT2D eigenvalue weighted by atomic mass is 9.92. The van der Waals surface area contributed by atoms with Crippen molar-refractivity contribution in [3.05, 3.63) is 108 Å². The van der Waals surface area contributed by atoms with Gasteiger partial charge >= 0.3 is 0 Å². The van der Waals surface area contributed by atoms with Gasteiger partial charge in [-0.15, -0.1) is 0 Å². The average molecular weight is 454 g/mol. The molecule has 0 atom stereocenters. The number of piperidine rings is 1. The minimum absolute atomic E-state index is 0.0600. The van der Waals surface area contributed by atoms with Gasteiger partial charge in [0.15, 0.2) is 0 Å². The van der Waals surface area contributed by atoms with Crippen LogP contribution in [0.2, 0.25) is 0 Å². The number of likely N-dealkylation sites (tertiary alicyclic amines) is 1. The van der Waals surface area contributed by atoms with Gasteiger partial charge in [-0.25, -0.2) is 19.3 Å². The molecule has 4 heterocycles. The maximum atomic E-state index is 13.2. The molecule has 1 fully saturated rings. The van der Waals surface area contributed by atoms with Crippen LogP contribution in [0, 0.1) is 5.82 Å². The normalized spacial score (nSPS) is 14.2. The summed E-state index contributed by atoms with van der Waals surface area (Å²) in [5, 5.41) is 0. The fourth-order valence-electron chi connectivity index (χ4n) is 4.32. The summed E-state index contributed by atoms with van der Waals surface area (Å²) >= 11 is 0. The second-order valence-electron chi connectivity index (χ2n) is 8.46. The van der Waals surface area contributed by atoms with Crippen LogP contribution in [0.25, 0.3) is 11.3 Å². The number of hydrogen-bond donors (Lipinski definition) is 0. The van der Waals surface area contributed by atoms with Gasteiger partial charge in [0, 0.05) is 54.8 Å². The molecule has 170 valence electrons. The number of rotatable bonds is 5. The molecule has 1 aromatic carbocycles. The zero-order valence-corrected chi connectivity index (χ0v) is 18.6. The van der Waals surface area contributed by atoms with Crippen molar-refractivity contribution < 1.29 is 9.18 Å². The van der Waals surface area contributed by atoms with Crippen molar-refractivity contribution in [1.82, 2.24) is 24.8 Å². The van der Waals surface area contributed by atoms with Gasteiger partial charge in [0.25, 0.3) is 5.91 Å². The Hall–Kier alpha value is -4.00. The van der Waals surface area contributed by atoms with Gasteiger partial charge in [0.05, 0.1) is 5.69 Å². The molecule has 6 nitrogen and oxygen atoms in total. The fourth-order valence-corrected chi connectivity index (χ4v) is 4.32. The smallest absolute Gasteiger partial charge is 0.272 e. The van der Waals surface area contributed by atoms with E-state index in [0.29, 0.717) is 36.8 Å². The highest BCUT2D eigenvalue weighted by Crippen LogP contribution is 2.28. The summed E-state index contributed by atoms with van der Waals surface area (Å²) in [4.78, 5) is 32.4. The molecular weight excluding hydrogens is 429 g/mol. The lowest BCUT2D eigenvalue weighted by Crippen LogP contribution is -2.38. The molecular formula is C27H24FN5O. The van der Waals surface area contributed by atoms with Crippen molar-refractivity contribution in [3.63, 3.8) is 0 Å². The van der Waals surface area contributed by atoms with Gasteiger partial charge in [-0.2, -0.15) is 0 Å². The van der Waals surface area contributed by atoms with E-state index in [4.69, 9.17) is 4.98 Å². The van der Waals surface area contributed by atoms with Crippen LogP contribution in [-0.2, 0) is 6.42 Å². The van der Waals surface area contributed by atoms with E-state index >= 15 is 0 Å². The highest BCUT2D eigenvalue weighted by atomic mass is 19.1. The molecule has 4 aromatic rings. The van der Waals surface area contributed by atoms with E-state index in [9.17, 15) is 9.18 Å². The first-order valence-electron chi connectivity index (χ1n) is 11.4. The number of aromatic nitrogens is 4. The second-order valence-corrected chi connectivity index (χ2v) is 8.46. The number of benzene rings is 1. The first-order valence-corrected chi connectivity index (χ1v) is 11.4. The molecule has 0 aliphatic carbocycles. The summed E-state index contributed by atoms with van der Waals surface area (Å²) in [6, 6.07) is 18.1. The molecule has 0 bridgehead atoms. The molecule has 7 heteroatoms. The van der Waals surface area contributed by atoms with E-state index in [0.717, 1.165) is 35.4 Å². The summed E-state index contributed by atoms with van der Waals surface area (Å²) in [5.41, 5.74) is 4.94. The SMILES string of the molecule is O=C(c1cccc(-c2cncnc2)n1)N1CCC(c2cccc(Cc3ccc(F)cc3)n2)CC1. The molecule has 1 aliphatic heterocycles. The fraction of sp³-hybridized carbons (Fsp3) is 0.222. The topological polar surface area (TPSA) is 71.9 Å². The molecule has 1 aliphatic rings. The van der Waals surface area contributed by atoms with Gasteiger partial charge in [0.1, 0.15) is 17.8 Å².